The van der Waals surface area contributed by atoms with E-state index in [1.54, 1.807) is 0 Å². The summed E-state index contributed by atoms with van der Waals surface area (Å²) in [5.74, 6) is 0.970. The van der Waals surface area contributed by atoms with Crippen molar-refractivity contribution in [3.8, 4) is 5.75 Å². The predicted molar refractivity (Wildman–Crippen MR) is 70.8 cm³/mol. The number of rotatable bonds is 2. The van der Waals surface area contributed by atoms with Crippen LogP contribution in [0, 0.1) is 0 Å². The van der Waals surface area contributed by atoms with Crippen LogP contribution in [0.25, 0.3) is 0 Å². The lowest BCUT2D eigenvalue weighted by atomic mass is 9.88. The summed E-state index contributed by atoms with van der Waals surface area (Å²) in [5, 5.41) is 0. The average molecular weight is 247 g/mol. The van der Waals surface area contributed by atoms with Crippen molar-refractivity contribution in [2.24, 2.45) is 5.73 Å². The van der Waals surface area contributed by atoms with E-state index >= 15 is 0 Å². The highest BCUT2D eigenvalue weighted by Crippen LogP contribution is 2.31. The standard InChI is InChI=1S/C15H21NO2/c16-15-3-1-2-11-4-5-13(10-14(11)15)18-12-6-8-17-9-7-12/h4-5,10,12,15H,1-3,6-9,16H2/t15-/m1/s1. The van der Waals surface area contributed by atoms with Crippen molar-refractivity contribution in [3.63, 3.8) is 0 Å². The first kappa shape index (κ1) is 12.0. The van der Waals surface area contributed by atoms with E-state index in [4.69, 9.17) is 15.2 Å². The van der Waals surface area contributed by atoms with Gasteiger partial charge < -0.3 is 15.2 Å². The number of nitrogens with two attached hydrogens (primary N) is 1. The van der Waals surface area contributed by atoms with Crippen LogP contribution in [0.2, 0.25) is 0 Å². The van der Waals surface area contributed by atoms with Crippen molar-refractivity contribution in [1.29, 1.82) is 0 Å². The van der Waals surface area contributed by atoms with Crippen LogP contribution in [0.1, 0.15) is 42.9 Å². The Labute approximate surface area is 108 Å². The minimum atomic E-state index is 0.187. The highest BCUT2D eigenvalue weighted by molar-refractivity contribution is 5.39. The summed E-state index contributed by atoms with van der Waals surface area (Å²) < 4.78 is 11.4. The molecular weight excluding hydrogens is 226 g/mol. The molecule has 3 heteroatoms. The van der Waals surface area contributed by atoms with E-state index in [-0.39, 0.29) is 6.04 Å². The normalized spacial score (nSPS) is 24.6. The molecule has 0 radical (unpaired) electrons. The first-order valence-electron chi connectivity index (χ1n) is 6.96. The van der Waals surface area contributed by atoms with E-state index in [0.29, 0.717) is 6.10 Å². The van der Waals surface area contributed by atoms with E-state index in [1.165, 1.54) is 17.5 Å². The van der Waals surface area contributed by atoms with E-state index in [9.17, 15) is 0 Å². The summed E-state index contributed by atoms with van der Waals surface area (Å²) in [6.07, 6.45) is 5.73. The molecule has 1 aliphatic carbocycles. The van der Waals surface area contributed by atoms with Gasteiger partial charge in [0.15, 0.2) is 0 Å². The van der Waals surface area contributed by atoms with Crippen LogP contribution in [0.3, 0.4) is 0 Å². The first-order chi connectivity index (χ1) is 8.83. The van der Waals surface area contributed by atoms with Gasteiger partial charge in [-0.05, 0) is 42.5 Å². The third-order valence-corrected chi connectivity index (χ3v) is 3.95. The maximum atomic E-state index is 6.17. The maximum absolute atomic E-state index is 6.17. The molecule has 1 aliphatic heterocycles. The quantitative estimate of drug-likeness (QED) is 0.873. The van der Waals surface area contributed by atoms with Crippen LogP contribution >= 0.6 is 0 Å². The number of benzene rings is 1. The molecule has 1 aromatic rings. The van der Waals surface area contributed by atoms with Gasteiger partial charge in [-0.25, -0.2) is 0 Å². The fourth-order valence-electron chi connectivity index (χ4n) is 2.87. The van der Waals surface area contributed by atoms with Crippen molar-refractivity contribution >= 4 is 0 Å². The first-order valence-corrected chi connectivity index (χ1v) is 6.96. The SMILES string of the molecule is N[C@@H]1CCCc2ccc(OC3CCOCC3)cc21. The lowest BCUT2D eigenvalue weighted by Gasteiger charge is -2.26. The van der Waals surface area contributed by atoms with Crippen molar-refractivity contribution in [2.45, 2.75) is 44.2 Å². The molecule has 0 unspecified atom stereocenters. The number of ether oxygens (including phenoxy) is 2. The predicted octanol–water partition coefficient (Wildman–Crippen LogP) is 2.58. The molecule has 0 spiro atoms. The van der Waals surface area contributed by atoms with Crippen LogP contribution in [-0.4, -0.2) is 19.3 Å². The molecule has 0 saturated carbocycles. The highest BCUT2D eigenvalue weighted by atomic mass is 16.5. The zero-order valence-electron chi connectivity index (χ0n) is 10.7. The third kappa shape index (κ3) is 2.52. The van der Waals surface area contributed by atoms with Gasteiger partial charge in [-0.3, -0.25) is 0 Å². The molecule has 1 heterocycles. The Bertz CT molecular complexity index is 413. The van der Waals surface area contributed by atoms with Crippen LogP contribution in [0.5, 0.6) is 5.75 Å². The van der Waals surface area contributed by atoms with Crippen molar-refractivity contribution in [2.75, 3.05) is 13.2 Å². The molecule has 0 amide bonds. The Morgan fingerprint density at radius 3 is 2.83 bits per heavy atom. The van der Waals surface area contributed by atoms with Gasteiger partial charge >= 0.3 is 0 Å². The number of aryl methyl sites for hydroxylation is 1. The van der Waals surface area contributed by atoms with Crippen LogP contribution < -0.4 is 10.5 Å². The summed E-state index contributed by atoms with van der Waals surface area (Å²) in [4.78, 5) is 0. The molecule has 2 aliphatic rings. The molecular formula is C15H21NO2. The van der Waals surface area contributed by atoms with Gasteiger partial charge in [0, 0.05) is 18.9 Å². The zero-order valence-corrected chi connectivity index (χ0v) is 10.7. The molecule has 3 nitrogen and oxygen atoms in total. The lowest BCUT2D eigenvalue weighted by molar-refractivity contribution is 0.0255. The smallest absolute Gasteiger partial charge is 0.120 e. The minimum absolute atomic E-state index is 0.187. The molecule has 3 rings (SSSR count). The zero-order chi connectivity index (χ0) is 12.4. The Balaban J connectivity index is 1.74. The number of hydrogen-bond donors (Lipinski definition) is 1. The van der Waals surface area contributed by atoms with Gasteiger partial charge in [0.2, 0.25) is 0 Å². The topological polar surface area (TPSA) is 44.5 Å². The van der Waals surface area contributed by atoms with Crippen LogP contribution in [-0.2, 0) is 11.2 Å². The van der Waals surface area contributed by atoms with Crippen LogP contribution in [0.15, 0.2) is 18.2 Å². The molecule has 98 valence electrons. The van der Waals surface area contributed by atoms with E-state index in [2.05, 4.69) is 18.2 Å². The van der Waals surface area contributed by atoms with Crippen molar-refractivity contribution < 1.29 is 9.47 Å². The summed E-state index contributed by atoms with van der Waals surface area (Å²) >= 11 is 0. The van der Waals surface area contributed by atoms with E-state index < -0.39 is 0 Å². The van der Waals surface area contributed by atoms with E-state index in [0.717, 1.165) is 44.6 Å². The van der Waals surface area contributed by atoms with E-state index in [1.807, 2.05) is 0 Å². The molecule has 18 heavy (non-hydrogen) atoms. The molecule has 1 saturated heterocycles. The Morgan fingerprint density at radius 1 is 1.17 bits per heavy atom. The Morgan fingerprint density at radius 2 is 2.00 bits per heavy atom. The maximum Gasteiger partial charge on any atom is 0.120 e. The second kappa shape index (κ2) is 5.29. The van der Waals surface area contributed by atoms with Gasteiger partial charge in [0.1, 0.15) is 11.9 Å². The monoisotopic (exact) mass is 247 g/mol. The van der Waals surface area contributed by atoms with Gasteiger partial charge in [-0.15, -0.1) is 0 Å². The Hall–Kier alpha value is -1.06. The molecule has 0 bridgehead atoms. The molecule has 2 N–H and O–H groups in total. The molecule has 0 aromatic heterocycles. The van der Waals surface area contributed by atoms with Gasteiger partial charge in [-0.2, -0.15) is 0 Å². The lowest BCUT2D eigenvalue weighted by Crippen LogP contribution is -2.26. The van der Waals surface area contributed by atoms with Gasteiger partial charge in [0.05, 0.1) is 13.2 Å². The number of fused-ring (bicyclic) bond motifs is 1. The molecule has 1 aromatic carbocycles. The van der Waals surface area contributed by atoms with Crippen LogP contribution in [0.4, 0.5) is 0 Å². The summed E-state index contributed by atoms with van der Waals surface area (Å²) in [6, 6.07) is 6.61. The molecule has 1 fully saturated rings. The third-order valence-electron chi connectivity index (χ3n) is 3.95. The second-order valence-corrected chi connectivity index (χ2v) is 5.29. The highest BCUT2D eigenvalue weighted by Gasteiger charge is 2.19. The summed E-state index contributed by atoms with van der Waals surface area (Å²) in [6.45, 7) is 1.63. The fraction of sp³-hybridized carbons (Fsp3) is 0.600. The molecule has 1 atom stereocenters. The summed E-state index contributed by atoms with van der Waals surface area (Å²) in [5.41, 5.74) is 8.85. The fourth-order valence-corrected chi connectivity index (χ4v) is 2.87. The Kier molecular flexibility index (Phi) is 3.52. The number of hydrogen-bond acceptors (Lipinski definition) is 3. The summed E-state index contributed by atoms with van der Waals surface area (Å²) in [7, 11) is 0. The van der Waals surface area contributed by atoms with Gasteiger partial charge in [-0.1, -0.05) is 6.07 Å². The van der Waals surface area contributed by atoms with Crippen molar-refractivity contribution in [1.82, 2.24) is 0 Å². The van der Waals surface area contributed by atoms with Crippen molar-refractivity contribution in [3.05, 3.63) is 29.3 Å². The van der Waals surface area contributed by atoms with Gasteiger partial charge in [0.25, 0.3) is 0 Å². The minimum Gasteiger partial charge on any atom is -0.490 e. The largest absolute Gasteiger partial charge is 0.490 e. The second-order valence-electron chi connectivity index (χ2n) is 5.29. The average Bonchev–Trinajstić information content (AvgIpc) is 2.41.